The van der Waals surface area contributed by atoms with Crippen LogP contribution in [0.5, 0.6) is 17.2 Å². The number of benzene rings is 2. The molecule has 0 amide bonds. The molecular formula is C17H18Cl2N2O3. The van der Waals surface area contributed by atoms with Crippen LogP contribution in [0.3, 0.4) is 0 Å². The molecule has 5 nitrogen and oxygen atoms in total. The van der Waals surface area contributed by atoms with Gasteiger partial charge in [-0.1, -0.05) is 23.2 Å². The molecule has 2 aromatic carbocycles. The highest BCUT2D eigenvalue weighted by molar-refractivity contribution is 6.42. The van der Waals surface area contributed by atoms with Crippen LogP contribution in [0.4, 0.5) is 5.69 Å². The van der Waals surface area contributed by atoms with Crippen molar-refractivity contribution in [3.63, 3.8) is 0 Å². The van der Waals surface area contributed by atoms with E-state index in [0.29, 0.717) is 27.3 Å². The zero-order chi connectivity index (χ0) is 17.7. The van der Waals surface area contributed by atoms with Crippen LogP contribution in [-0.4, -0.2) is 27.0 Å². The van der Waals surface area contributed by atoms with Gasteiger partial charge in [-0.05, 0) is 37.3 Å². The molecule has 0 atom stereocenters. The minimum absolute atomic E-state index is 0.460. The van der Waals surface area contributed by atoms with Crippen molar-refractivity contribution in [3.8, 4) is 17.2 Å². The zero-order valence-corrected chi connectivity index (χ0v) is 15.3. The van der Waals surface area contributed by atoms with Crippen molar-refractivity contribution in [2.45, 2.75) is 6.92 Å². The third-order valence-corrected chi connectivity index (χ3v) is 4.09. The molecule has 2 aromatic rings. The van der Waals surface area contributed by atoms with E-state index in [1.54, 1.807) is 39.5 Å². The Labute approximate surface area is 151 Å². The lowest BCUT2D eigenvalue weighted by molar-refractivity contribution is 0.324. The molecule has 0 aliphatic heterocycles. The molecule has 0 saturated carbocycles. The van der Waals surface area contributed by atoms with Gasteiger partial charge < -0.3 is 14.2 Å². The van der Waals surface area contributed by atoms with Gasteiger partial charge in [0.1, 0.15) is 0 Å². The second-order valence-electron chi connectivity index (χ2n) is 4.85. The van der Waals surface area contributed by atoms with Crippen LogP contribution in [0, 0.1) is 0 Å². The summed E-state index contributed by atoms with van der Waals surface area (Å²) in [6.07, 6.45) is 0. The number of nitrogens with zero attached hydrogens (tertiary/aromatic N) is 1. The Morgan fingerprint density at radius 2 is 1.54 bits per heavy atom. The van der Waals surface area contributed by atoms with E-state index in [2.05, 4.69) is 10.5 Å². The molecular weight excluding hydrogens is 351 g/mol. The fraction of sp³-hybridized carbons (Fsp3) is 0.235. The number of hydrazone groups is 1. The van der Waals surface area contributed by atoms with E-state index in [-0.39, 0.29) is 0 Å². The summed E-state index contributed by atoms with van der Waals surface area (Å²) in [6, 6.07) is 8.86. The monoisotopic (exact) mass is 368 g/mol. The lowest BCUT2D eigenvalue weighted by atomic mass is 10.1. The number of hydrogen-bond donors (Lipinski definition) is 1. The summed E-state index contributed by atoms with van der Waals surface area (Å²) in [4.78, 5) is 0. The third kappa shape index (κ3) is 4.04. The van der Waals surface area contributed by atoms with Crippen molar-refractivity contribution in [2.24, 2.45) is 5.10 Å². The molecule has 0 aromatic heterocycles. The molecule has 0 saturated heterocycles. The Morgan fingerprint density at radius 1 is 0.917 bits per heavy atom. The van der Waals surface area contributed by atoms with Gasteiger partial charge in [0.25, 0.3) is 0 Å². The van der Waals surface area contributed by atoms with Crippen molar-refractivity contribution in [1.29, 1.82) is 0 Å². The third-order valence-electron chi connectivity index (χ3n) is 3.35. The summed E-state index contributed by atoms with van der Waals surface area (Å²) < 4.78 is 16.0. The molecule has 0 fully saturated rings. The van der Waals surface area contributed by atoms with E-state index >= 15 is 0 Å². The summed E-state index contributed by atoms with van der Waals surface area (Å²) in [6.45, 7) is 1.87. The topological polar surface area (TPSA) is 52.1 Å². The minimum atomic E-state index is 0.460. The Morgan fingerprint density at radius 3 is 2.04 bits per heavy atom. The van der Waals surface area contributed by atoms with Crippen LogP contribution < -0.4 is 19.6 Å². The van der Waals surface area contributed by atoms with Crippen molar-refractivity contribution in [3.05, 3.63) is 45.9 Å². The molecule has 0 heterocycles. The van der Waals surface area contributed by atoms with E-state index in [4.69, 9.17) is 37.4 Å². The molecule has 0 unspecified atom stereocenters. The van der Waals surface area contributed by atoms with Crippen LogP contribution in [0.15, 0.2) is 35.4 Å². The molecule has 1 N–H and O–H groups in total. The van der Waals surface area contributed by atoms with Crippen LogP contribution in [0.2, 0.25) is 10.0 Å². The van der Waals surface area contributed by atoms with Crippen molar-refractivity contribution >= 4 is 34.6 Å². The fourth-order valence-corrected chi connectivity index (χ4v) is 2.37. The zero-order valence-electron chi connectivity index (χ0n) is 13.8. The summed E-state index contributed by atoms with van der Waals surface area (Å²) in [5.74, 6) is 1.67. The number of nitrogens with one attached hydrogen (secondary N) is 1. The minimum Gasteiger partial charge on any atom is -0.493 e. The maximum atomic E-state index is 5.99. The molecule has 2 rings (SSSR count). The highest BCUT2D eigenvalue weighted by Crippen LogP contribution is 2.38. The quantitative estimate of drug-likeness (QED) is 0.584. The predicted molar refractivity (Wildman–Crippen MR) is 98.4 cm³/mol. The van der Waals surface area contributed by atoms with Gasteiger partial charge in [-0.15, -0.1) is 0 Å². The number of hydrogen-bond acceptors (Lipinski definition) is 5. The summed E-state index contributed by atoms with van der Waals surface area (Å²) in [7, 11) is 4.70. The SMILES string of the molecule is COc1cc(/C(C)=N/Nc2ccc(Cl)c(Cl)c2)cc(OC)c1OC. The van der Waals surface area contributed by atoms with E-state index in [9.17, 15) is 0 Å². The van der Waals surface area contributed by atoms with Crippen molar-refractivity contribution in [2.75, 3.05) is 26.8 Å². The summed E-state index contributed by atoms with van der Waals surface area (Å²) in [5.41, 5.74) is 5.25. The van der Waals surface area contributed by atoms with Gasteiger partial charge in [-0.2, -0.15) is 5.10 Å². The highest BCUT2D eigenvalue weighted by Gasteiger charge is 2.14. The predicted octanol–water partition coefficient (Wildman–Crippen LogP) is 4.86. The first-order chi connectivity index (χ1) is 11.5. The Balaban J connectivity index is 2.30. The van der Waals surface area contributed by atoms with Crippen molar-refractivity contribution in [1.82, 2.24) is 0 Å². The molecule has 7 heteroatoms. The highest BCUT2D eigenvalue weighted by atomic mass is 35.5. The molecule has 128 valence electrons. The lowest BCUT2D eigenvalue weighted by Crippen LogP contribution is -2.03. The maximum Gasteiger partial charge on any atom is 0.203 e. The van der Waals surface area contributed by atoms with Crippen molar-refractivity contribution < 1.29 is 14.2 Å². The second-order valence-corrected chi connectivity index (χ2v) is 5.67. The van der Waals surface area contributed by atoms with Gasteiger partial charge in [-0.3, -0.25) is 5.43 Å². The molecule has 24 heavy (non-hydrogen) atoms. The number of rotatable bonds is 6. The van der Waals surface area contributed by atoms with Crippen LogP contribution in [0.1, 0.15) is 12.5 Å². The lowest BCUT2D eigenvalue weighted by Gasteiger charge is -2.14. The van der Waals surface area contributed by atoms with Gasteiger partial charge in [0, 0.05) is 5.56 Å². The fourth-order valence-electron chi connectivity index (χ4n) is 2.07. The number of ether oxygens (including phenoxy) is 3. The number of halogens is 2. The number of anilines is 1. The molecule has 0 spiro atoms. The largest absolute Gasteiger partial charge is 0.493 e. The van der Waals surface area contributed by atoms with E-state index in [1.165, 1.54) is 0 Å². The average molecular weight is 369 g/mol. The van der Waals surface area contributed by atoms with E-state index in [0.717, 1.165) is 17.0 Å². The van der Waals surface area contributed by atoms with Crippen LogP contribution in [-0.2, 0) is 0 Å². The number of methoxy groups -OCH3 is 3. The van der Waals surface area contributed by atoms with Gasteiger partial charge in [-0.25, -0.2) is 0 Å². The van der Waals surface area contributed by atoms with Gasteiger partial charge >= 0.3 is 0 Å². The standard InChI is InChI=1S/C17H18Cl2N2O3/c1-10(20-21-12-5-6-13(18)14(19)9-12)11-7-15(22-2)17(24-4)16(8-11)23-3/h5-9,21H,1-4H3/b20-10+. The Bertz CT molecular complexity index is 738. The van der Waals surface area contributed by atoms with Crippen LogP contribution in [0.25, 0.3) is 0 Å². The van der Waals surface area contributed by atoms with Gasteiger partial charge in [0.2, 0.25) is 5.75 Å². The normalized spacial score (nSPS) is 11.2. The molecule has 0 radical (unpaired) electrons. The second kappa shape index (κ2) is 8.13. The Hall–Kier alpha value is -2.11. The smallest absolute Gasteiger partial charge is 0.203 e. The summed E-state index contributed by atoms with van der Waals surface area (Å²) >= 11 is 11.9. The van der Waals surface area contributed by atoms with Gasteiger partial charge in [0.05, 0.1) is 42.8 Å². The first kappa shape index (κ1) is 18.2. The van der Waals surface area contributed by atoms with E-state index < -0.39 is 0 Å². The maximum absolute atomic E-state index is 5.99. The molecule has 0 bridgehead atoms. The first-order valence-corrected chi connectivity index (χ1v) is 7.81. The summed E-state index contributed by atoms with van der Waals surface area (Å²) in [5, 5.41) is 5.31. The molecule has 0 aliphatic carbocycles. The van der Waals surface area contributed by atoms with E-state index in [1.807, 2.05) is 19.1 Å². The Kier molecular flexibility index (Phi) is 6.17. The first-order valence-electron chi connectivity index (χ1n) is 7.06. The average Bonchev–Trinajstić information content (AvgIpc) is 2.60. The van der Waals surface area contributed by atoms with Gasteiger partial charge in [0.15, 0.2) is 11.5 Å². The van der Waals surface area contributed by atoms with Crippen LogP contribution >= 0.6 is 23.2 Å². The molecule has 0 aliphatic rings.